The molecule has 0 saturated heterocycles. The monoisotopic (exact) mass is 314 g/mol. The fraction of sp³-hybridized carbons (Fsp3) is 0.125. The van der Waals surface area contributed by atoms with E-state index < -0.39 is 5.82 Å². The van der Waals surface area contributed by atoms with Crippen LogP contribution in [0.1, 0.15) is 15.9 Å². The molecule has 0 spiro atoms. The second-order valence-corrected chi connectivity index (χ2v) is 4.89. The lowest BCUT2D eigenvalue weighted by atomic mass is 10.2. The van der Waals surface area contributed by atoms with Crippen LogP contribution >= 0.6 is 0 Å². The Hall–Kier alpha value is -2.93. The van der Waals surface area contributed by atoms with Gasteiger partial charge in [0.15, 0.2) is 0 Å². The Balaban J connectivity index is 1.91. The number of carbonyl (C=O) groups is 1. The molecule has 2 aromatic heterocycles. The second-order valence-electron chi connectivity index (χ2n) is 4.89. The van der Waals surface area contributed by atoms with E-state index in [0.717, 1.165) is 0 Å². The van der Waals surface area contributed by atoms with Crippen LogP contribution in [0.15, 0.2) is 42.6 Å². The van der Waals surface area contributed by atoms with Gasteiger partial charge in [-0.1, -0.05) is 12.1 Å². The first-order valence-electron chi connectivity index (χ1n) is 6.94. The summed E-state index contributed by atoms with van der Waals surface area (Å²) >= 11 is 0. The van der Waals surface area contributed by atoms with Crippen molar-refractivity contribution in [1.29, 1.82) is 0 Å². The van der Waals surface area contributed by atoms with Gasteiger partial charge < -0.3 is 15.8 Å². The van der Waals surface area contributed by atoms with Crippen molar-refractivity contribution in [1.82, 2.24) is 9.61 Å². The molecule has 6 nitrogen and oxygen atoms in total. The molecule has 0 fully saturated rings. The highest BCUT2D eigenvalue weighted by molar-refractivity contribution is 6.08. The van der Waals surface area contributed by atoms with Crippen LogP contribution in [0.2, 0.25) is 0 Å². The van der Waals surface area contributed by atoms with Crippen LogP contribution in [-0.4, -0.2) is 22.6 Å². The molecule has 0 unspecified atom stereocenters. The number of pyridine rings is 1. The zero-order valence-corrected chi connectivity index (χ0v) is 12.4. The van der Waals surface area contributed by atoms with Crippen LogP contribution in [0, 0.1) is 5.82 Å². The number of nitrogens with two attached hydrogens (primary N) is 1. The number of halogens is 1. The third kappa shape index (κ3) is 2.74. The first-order valence-corrected chi connectivity index (χ1v) is 6.94. The Morgan fingerprint density at radius 1 is 1.39 bits per heavy atom. The van der Waals surface area contributed by atoms with Crippen molar-refractivity contribution in [2.75, 3.05) is 12.4 Å². The van der Waals surface area contributed by atoms with Gasteiger partial charge in [0.1, 0.15) is 5.82 Å². The summed E-state index contributed by atoms with van der Waals surface area (Å²) < 4.78 is 20.4. The van der Waals surface area contributed by atoms with Gasteiger partial charge in [-0.2, -0.15) is 5.10 Å². The minimum absolute atomic E-state index is 0.105. The van der Waals surface area contributed by atoms with Crippen LogP contribution in [0.3, 0.4) is 0 Å². The van der Waals surface area contributed by atoms with Gasteiger partial charge in [0, 0.05) is 23.9 Å². The predicted octanol–water partition coefficient (Wildman–Crippen LogP) is 2.19. The fourth-order valence-electron chi connectivity index (χ4n) is 2.30. The average Bonchev–Trinajstić information content (AvgIpc) is 2.99. The maximum absolute atomic E-state index is 13.7. The second kappa shape index (κ2) is 6.05. The molecule has 0 aliphatic heterocycles. The number of nitrogens with one attached hydrogen (secondary N) is 1. The SMILES string of the molecule is COc1cccc2c(C(=O)Nc3ccc(CN)c(F)c3)cnn12. The summed E-state index contributed by atoms with van der Waals surface area (Å²) in [4.78, 5) is 12.4. The van der Waals surface area contributed by atoms with E-state index in [1.807, 2.05) is 0 Å². The number of nitrogens with zero attached hydrogens (tertiary/aromatic N) is 2. The van der Waals surface area contributed by atoms with Crippen molar-refractivity contribution in [3.63, 3.8) is 0 Å². The van der Waals surface area contributed by atoms with Gasteiger partial charge in [0.2, 0.25) is 5.88 Å². The number of ether oxygens (including phenoxy) is 1. The summed E-state index contributed by atoms with van der Waals surface area (Å²) in [6.45, 7) is 0.105. The van der Waals surface area contributed by atoms with Crippen molar-refractivity contribution in [3.05, 3.63) is 59.5 Å². The normalized spacial score (nSPS) is 10.7. The van der Waals surface area contributed by atoms with Gasteiger partial charge >= 0.3 is 0 Å². The van der Waals surface area contributed by atoms with Crippen molar-refractivity contribution in [3.8, 4) is 5.88 Å². The Morgan fingerprint density at radius 3 is 2.91 bits per heavy atom. The molecule has 23 heavy (non-hydrogen) atoms. The molecular formula is C16H15FN4O2. The van der Waals surface area contributed by atoms with Crippen molar-refractivity contribution in [2.24, 2.45) is 5.73 Å². The van der Waals surface area contributed by atoms with E-state index in [1.54, 1.807) is 30.3 Å². The molecular weight excluding hydrogens is 299 g/mol. The molecule has 118 valence electrons. The number of fused-ring (bicyclic) bond motifs is 1. The minimum atomic E-state index is -0.452. The average molecular weight is 314 g/mol. The third-order valence-electron chi connectivity index (χ3n) is 3.49. The van der Waals surface area contributed by atoms with Crippen LogP contribution < -0.4 is 15.8 Å². The number of amides is 1. The maximum atomic E-state index is 13.7. The lowest BCUT2D eigenvalue weighted by Crippen LogP contribution is -2.12. The van der Waals surface area contributed by atoms with Gasteiger partial charge in [-0.25, -0.2) is 8.91 Å². The van der Waals surface area contributed by atoms with Gasteiger partial charge in [-0.15, -0.1) is 0 Å². The highest BCUT2D eigenvalue weighted by Gasteiger charge is 2.15. The molecule has 2 heterocycles. The Labute approximate surface area is 131 Å². The lowest BCUT2D eigenvalue weighted by molar-refractivity contribution is 0.102. The number of benzene rings is 1. The molecule has 0 aliphatic rings. The fourth-order valence-corrected chi connectivity index (χ4v) is 2.30. The van der Waals surface area contributed by atoms with Crippen LogP contribution in [0.25, 0.3) is 5.52 Å². The van der Waals surface area contributed by atoms with Gasteiger partial charge in [-0.3, -0.25) is 4.79 Å². The summed E-state index contributed by atoms with van der Waals surface area (Å²) in [5.74, 6) is -0.320. The molecule has 1 aromatic carbocycles. The number of rotatable bonds is 4. The highest BCUT2D eigenvalue weighted by atomic mass is 19.1. The highest BCUT2D eigenvalue weighted by Crippen LogP contribution is 2.20. The van der Waals surface area contributed by atoms with Gasteiger partial charge in [-0.05, 0) is 18.2 Å². The minimum Gasteiger partial charge on any atom is -0.481 e. The first kappa shape index (κ1) is 15.0. The standard InChI is InChI=1S/C16H15FN4O2/c1-23-15-4-2-3-14-12(9-19-21(14)15)16(22)20-11-6-5-10(8-18)13(17)7-11/h2-7,9H,8,18H2,1H3,(H,20,22). The number of methoxy groups -OCH3 is 1. The lowest BCUT2D eigenvalue weighted by Gasteiger charge is -2.07. The zero-order valence-electron chi connectivity index (χ0n) is 12.4. The van der Waals surface area contributed by atoms with Crippen molar-refractivity contribution < 1.29 is 13.9 Å². The van der Waals surface area contributed by atoms with E-state index in [-0.39, 0.29) is 12.5 Å². The van der Waals surface area contributed by atoms with E-state index in [0.29, 0.717) is 28.2 Å². The molecule has 7 heteroatoms. The largest absolute Gasteiger partial charge is 0.481 e. The number of carbonyl (C=O) groups excluding carboxylic acids is 1. The summed E-state index contributed by atoms with van der Waals surface area (Å²) in [5.41, 5.74) is 7.13. The van der Waals surface area contributed by atoms with Crippen LogP contribution in [0.5, 0.6) is 5.88 Å². The van der Waals surface area contributed by atoms with E-state index in [2.05, 4.69) is 10.4 Å². The quantitative estimate of drug-likeness (QED) is 0.773. The third-order valence-corrected chi connectivity index (χ3v) is 3.49. The van der Waals surface area contributed by atoms with Gasteiger partial charge in [0.25, 0.3) is 5.91 Å². The Bertz CT molecular complexity index is 876. The molecule has 3 aromatic rings. The van der Waals surface area contributed by atoms with E-state index in [1.165, 1.54) is 23.9 Å². The molecule has 0 radical (unpaired) electrons. The summed E-state index contributed by atoms with van der Waals surface area (Å²) in [5, 5.41) is 6.79. The van der Waals surface area contributed by atoms with Crippen LogP contribution in [-0.2, 0) is 6.54 Å². The first-order chi connectivity index (χ1) is 11.1. The molecule has 0 atom stereocenters. The zero-order chi connectivity index (χ0) is 16.4. The molecule has 0 saturated carbocycles. The number of hydrogen-bond donors (Lipinski definition) is 2. The topological polar surface area (TPSA) is 81.6 Å². The molecule has 0 bridgehead atoms. The number of hydrogen-bond acceptors (Lipinski definition) is 4. The van der Waals surface area contributed by atoms with E-state index in [9.17, 15) is 9.18 Å². The Morgan fingerprint density at radius 2 is 2.22 bits per heavy atom. The van der Waals surface area contributed by atoms with Crippen LogP contribution in [0.4, 0.5) is 10.1 Å². The van der Waals surface area contributed by atoms with Crippen molar-refractivity contribution >= 4 is 17.1 Å². The Kier molecular flexibility index (Phi) is 3.94. The number of anilines is 1. The smallest absolute Gasteiger partial charge is 0.259 e. The predicted molar refractivity (Wildman–Crippen MR) is 84.0 cm³/mol. The molecule has 3 N–H and O–H groups in total. The van der Waals surface area contributed by atoms with E-state index >= 15 is 0 Å². The number of aromatic nitrogens is 2. The molecule has 0 aliphatic carbocycles. The maximum Gasteiger partial charge on any atom is 0.259 e. The van der Waals surface area contributed by atoms with Crippen molar-refractivity contribution in [2.45, 2.75) is 6.54 Å². The summed E-state index contributed by atoms with van der Waals surface area (Å²) in [7, 11) is 1.53. The summed E-state index contributed by atoms with van der Waals surface area (Å²) in [6, 6.07) is 9.65. The van der Waals surface area contributed by atoms with Gasteiger partial charge in [0.05, 0.1) is 24.4 Å². The molecule has 3 rings (SSSR count). The van der Waals surface area contributed by atoms with E-state index in [4.69, 9.17) is 10.5 Å². The summed E-state index contributed by atoms with van der Waals surface area (Å²) in [6.07, 6.45) is 1.44. The molecule has 1 amide bonds.